The maximum atomic E-state index is 3.95. The summed E-state index contributed by atoms with van der Waals surface area (Å²) >= 11 is 0. The van der Waals surface area contributed by atoms with Crippen molar-refractivity contribution < 1.29 is 0 Å². The lowest BCUT2D eigenvalue weighted by Gasteiger charge is -2.22. The zero-order valence-corrected chi connectivity index (χ0v) is 6.70. The third kappa shape index (κ3) is 1.54. The smallest absolute Gasteiger partial charge is 0.135 e. The van der Waals surface area contributed by atoms with Crippen molar-refractivity contribution in [2.24, 2.45) is 0 Å². The molecule has 0 saturated carbocycles. The van der Waals surface area contributed by atoms with E-state index in [4.69, 9.17) is 0 Å². The fourth-order valence-corrected chi connectivity index (χ4v) is 0.791. The Labute approximate surface area is 61.7 Å². The van der Waals surface area contributed by atoms with Crippen molar-refractivity contribution in [3.8, 4) is 0 Å². The van der Waals surface area contributed by atoms with E-state index in [0.717, 1.165) is 4.48 Å². The molecule has 0 bridgehead atoms. The first-order chi connectivity index (χ1) is 4.61. The number of aromatic nitrogens is 1. The summed E-state index contributed by atoms with van der Waals surface area (Å²) in [5, 5.41) is 0. The third-order valence-electron chi connectivity index (χ3n) is 1.44. The predicted molar refractivity (Wildman–Crippen MR) is 43.8 cm³/mol. The fraction of sp³-hybridized carbons (Fsp3) is 0.375. The normalized spacial score (nSPS) is 11.5. The average molecular weight is 137 g/mol. The molecular weight excluding hydrogens is 124 g/mol. The largest absolute Gasteiger partial charge is 0.298 e. The summed E-state index contributed by atoms with van der Waals surface area (Å²) in [5.41, 5.74) is 1.27. The summed E-state index contributed by atoms with van der Waals surface area (Å²) in [6.45, 7) is 0. The zero-order chi connectivity index (χ0) is 7.61. The minimum absolute atomic E-state index is 0.850. The molecule has 0 spiro atoms. The van der Waals surface area contributed by atoms with E-state index < -0.39 is 0 Å². The first kappa shape index (κ1) is 7.22. The lowest BCUT2D eigenvalue weighted by atomic mass is 10.3. The van der Waals surface area contributed by atoms with Gasteiger partial charge in [0.15, 0.2) is 0 Å². The third-order valence-corrected chi connectivity index (χ3v) is 1.44. The van der Waals surface area contributed by atoms with E-state index in [-0.39, 0.29) is 0 Å². The quantitative estimate of drug-likeness (QED) is 0.531. The molecule has 0 aromatic carbocycles. The van der Waals surface area contributed by atoms with Crippen LogP contribution in [0, 0.1) is 0 Å². The van der Waals surface area contributed by atoms with Crippen molar-refractivity contribution in [1.82, 2.24) is 9.47 Å². The summed E-state index contributed by atoms with van der Waals surface area (Å²) in [6.07, 6.45) is 3.64. The van der Waals surface area contributed by atoms with Crippen LogP contribution < -0.4 is 4.48 Å². The van der Waals surface area contributed by atoms with Crippen LogP contribution in [0.4, 0.5) is 5.69 Å². The molecule has 0 saturated heterocycles. The van der Waals surface area contributed by atoms with Gasteiger partial charge in [-0.15, -0.1) is 0 Å². The molecule has 0 unspecified atom stereocenters. The molecule has 10 heavy (non-hydrogen) atoms. The number of quaternary nitrogens is 1. The van der Waals surface area contributed by atoms with E-state index in [1.54, 1.807) is 0 Å². The molecule has 1 rings (SSSR count). The first-order valence-electron chi connectivity index (χ1n) is 3.33. The first-order valence-corrected chi connectivity index (χ1v) is 3.33. The van der Waals surface area contributed by atoms with Gasteiger partial charge >= 0.3 is 0 Å². The number of nitrogens with zero attached hydrogens (tertiary/aromatic N) is 2. The SMILES string of the molecule is C[N+](C)(C)c1ccncc1. The van der Waals surface area contributed by atoms with E-state index >= 15 is 0 Å². The Hall–Kier alpha value is -0.890. The Bertz CT molecular complexity index is 198. The molecular formula is C8H13N2+. The maximum absolute atomic E-state index is 3.95. The molecule has 0 atom stereocenters. The number of hydrogen-bond donors (Lipinski definition) is 0. The molecule has 54 valence electrons. The van der Waals surface area contributed by atoms with Gasteiger partial charge in [-0.2, -0.15) is 0 Å². The van der Waals surface area contributed by atoms with E-state index in [1.165, 1.54) is 5.69 Å². The number of rotatable bonds is 1. The lowest BCUT2D eigenvalue weighted by molar-refractivity contribution is 0.486. The van der Waals surface area contributed by atoms with E-state index in [2.05, 4.69) is 26.1 Å². The number of hydrogen-bond acceptors (Lipinski definition) is 1. The minimum Gasteiger partial charge on any atom is -0.298 e. The fourth-order valence-electron chi connectivity index (χ4n) is 0.791. The topological polar surface area (TPSA) is 12.9 Å². The molecule has 1 aromatic heterocycles. The molecule has 2 heteroatoms. The van der Waals surface area contributed by atoms with E-state index in [0.29, 0.717) is 0 Å². The Morgan fingerprint density at radius 1 is 1.10 bits per heavy atom. The minimum atomic E-state index is 0.850. The van der Waals surface area contributed by atoms with Crippen LogP contribution in [0.25, 0.3) is 0 Å². The molecule has 0 fully saturated rings. The second-order valence-electron chi connectivity index (χ2n) is 3.22. The second-order valence-corrected chi connectivity index (χ2v) is 3.22. The van der Waals surface area contributed by atoms with Crippen LogP contribution in [0.5, 0.6) is 0 Å². The van der Waals surface area contributed by atoms with Gasteiger partial charge < -0.3 is 0 Å². The highest BCUT2D eigenvalue weighted by Crippen LogP contribution is 2.12. The molecule has 2 nitrogen and oxygen atoms in total. The highest BCUT2D eigenvalue weighted by atomic mass is 15.3. The van der Waals surface area contributed by atoms with Crippen molar-refractivity contribution in [1.29, 1.82) is 0 Å². The van der Waals surface area contributed by atoms with Gasteiger partial charge in [-0.1, -0.05) is 0 Å². The van der Waals surface area contributed by atoms with E-state index in [1.807, 2.05) is 24.5 Å². The molecule has 0 radical (unpaired) electrons. The van der Waals surface area contributed by atoms with Crippen LogP contribution >= 0.6 is 0 Å². The molecule has 0 amide bonds. The van der Waals surface area contributed by atoms with Crippen molar-refractivity contribution in [2.45, 2.75) is 0 Å². The van der Waals surface area contributed by atoms with Crippen LogP contribution in [0.2, 0.25) is 0 Å². The van der Waals surface area contributed by atoms with Gasteiger partial charge in [-0.25, -0.2) is 0 Å². The van der Waals surface area contributed by atoms with Crippen molar-refractivity contribution in [2.75, 3.05) is 21.1 Å². The molecule has 0 aliphatic carbocycles. The van der Waals surface area contributed by atoms with Crippen molar-refractivity contribution >= 4 is 5.69 Å². The summed E-state index contributed by atoms with van der Waals surface area (Å²) in [5.74, 6) is 0. The van der Waals surface area contributed by atoms with Crippen LogP contribution in [0.1, 0.15) is 0 Å². The molecule has 1 heterocycles. The molecule has 0 aliphatic rings. The van der Waals surface area contributed by atoms with Crippen molar-refractivity contribution in [3.63, 3.8) is 0 Å². The van der Waals surface area contributed by atoms with E-state index in [9.17, 15) is 0 Å². The standard InChI is InChI=1S/C8H13N2/c1-10(2,3)8-4-6-9-7-5-8/h4-7H,1-3H3/q+1. The summed E-state index contributed by atoms with van der Waals surface area (Å²) in [7, 11) is 6.40. The monoisotopic (exact) mass is 137 g/mol. The van der Waals surface area contributed by atoms with Crippen molar-refractivity contribution in [3.05, 3.63) is 24.5 Å². The summed E-state index contributed by atoms with van der Waals surface area (Å²) in [4.78, 5) is 3.95. The Morgan fingerprint density at radius 3 is 1.90 bits per heavy atom. The summed E-state index contributed by atoms with van der Waals surface area (Å²) < 4.78 is 0.850. The van der Waals surface area contributed by atoms with Crippen LogP contribution in [0.3, 0.4) is 0 Å². The Morgan fingerprint density at radius 2 is 1.60 bits per heavy atom. The maximum Gasteiger partial charge on any atom is 0.135 e. The number of pyridine rings is 1. The lowest BCUT2D eigenvalue weighted by Crippen LogP contribution is -2.34. The molecule has 1 aromatic rings. The molecule has 0 aliphatic heterocycles. The average Bonchev–Trinajstić information content (AvgIpc) is 1.88. The van der Waals surface area contributed by atoms with Gasteiger partial charge in [-0.05, 0) is 0 Å². The van der Waals surface area contributed by atoms with Crippen LogP contribution in [-0.4, -0.2) is 26.1 Å². The Balaban J connectivity index is 2.97. The highest BCUT2D eigenvalue weighted by molar-refractivity contribution is 5.38. The van der Waals surface area contributed by atoms with Gasteiger partial charge in [-0.3, -0.25) is 9.47 Å². The zero-order valence-electron chi connectivity index (χ0n) is 6.70. The van der Waals surface area contributed by atoms with Gasteiger partial charge in [0, 0.05) is 24.5 Å². The van der Waals surface area contributed by atoms with Gasteiger partial charge in [0.25, 0.3) is 0 Å². The summed E-state index contributed by atoms with van der Waals surface area (Å²) in [6, 6.07) is 4.06. The Kier molecular flexibility index (Phi) is 1.72. The van der Waals surface area contributed by atoms with Crippen LogP contribution in [0.15, 0.2) is 24.5 Å². The van der Waals surface area contributed by atoms with Gasteiger partial charge in [0.2, 0.25) is 0 Å². The molecule has 0 N–H and O–H groups in total. The second kappa shape index (κ2) is 2.39. The van der Waals surface area contributed by atoms with Gasteiger partial charge in [0.1, 0.15) is 5.69 Å². The highest BCUT2D eigenvalue weighted by Gasteiger charge is 2.09. The predicted octanol–water partition coefficient (Wildman–Crippen LogP) is 1.28. The van der Waals surface area contributed by atoms with Gasteiger partial charge in [0.05, 0.1) is 21.1 Å². The van der Waals surface area contributed by atoms with Crippen LogP contribution in [-0.2, 0) is 0 Å².